The summed E-state index contributed by atoms with van der Waals surface area (Å²) in [6.45, 7) is 5.78. The number of carboxylic acid groups (broad SMARTS) is 1. The molecule has 0 fully saturated rings. The topological polar surface area (TPSA) is 163 Å². The molecule has 4 rings (SSSR count). The molecule has 2 aliphatic carbocycles. The molecular formula is C25H31NO10. The zero-order valence-electron chi connectivity index (χ0n) is 20.6. The summed E-state index contributed by atoms with van der Waals surface area (Å²) in [5, 5.41) is 40.7. The standard InChI is InChI=1S/C25H31NO10/c1-5-26(4)17-10-13-6-7-14(27)20-19(13)24(3)21(36-20)16(8-9-25(17,24)33)35-23(32)12(2)34-18(29)11-15(28)22(30)31/h6-8,12,15,17,21,27-28,33H,5,9-11H2,1-4H3,(H,30,31)/t12-,15-,17+,21-,24-,25+/m0/s1. The van der Waals surface area contributed by atoms with E-state index in [4.69, 9.17) is 19.3 Å². The predicted octanol–water partition coefficient (Wildman–Crippen LogP) is 0.616. The van der Waals surface area contributed by atoms with E-state index in [1.54, 1.807) is 12.1 Å². The third-order valence-electron chi connectivity index (χ3n) is 7.77. The van der Waals surface area contributed by atoms with E-state index in [0.717, 1.165) is 5.56 Å². The van der Waals surface area contributed by atoms with Crippen LogP contribution in [-0.2, 0) is 35.7 Å². The van der Waals surface area contributed by atoms with Crippen molar-refractivity contribution in [2.75, 3.05) is 13.6 Å². The molecule has 0 amide bonds. The van der Waals surface area contributed by atoms with Gasteiger partial charge in [-0.05, 0) is 51.6 Å². The molecule has 4 N–H and O–H groups in total. The number of carboxylic acids is 1. The van der Waals surface area contributed by atoms with Crippen LogP contribution in [0.25, 0.3) is 0 Å². The maximum absolute atomic E-state index is 12.8. The minimum Gasteiger partial charge on any atom is -0.504 e. The first-order valence-corrected chi connectivity index (χ1v) is 11.8. The Morgan fingerprint density at radius 3 is 2.64 bits per heavy atom. The molecular weight excluding hydrogens is 474 g/mol. The second-order valence-corrected chi connectivity index (χ2v) is 9.79. The lowest BCUT2D eigenvalue weighted by Gasteiger charge is -2.56. The van der Waals surface area contributed by atoms with Crippen molar-refractivity contribution in [2.24, 2.45) is 0 Å². The van der Waals surface area contributed by atoms with Gasteiger partial charge in [0.15, 0.2) is 29.8 Å². The van der Waals surface area contributed by atoms with Crippen LogP contribution in [0.5, 0.6) is 11.5 Å². The van der Waals surface area contributed by atoms with Gasteiger partial charge in [-0.3, -0.25) is 4.79 Å². The fourth-order valence-electron chi connectivity index (χ4n) is 5.63. The number of esters is 2. The zero-order valence-corrected chi connectivity index (χ0v) is 20.6. The number of likely N-dealkylation sites (N-methyl/N-ethyl adjacent to an activating group) is 1. The molecule has 0 saturated carbocycles. The minimum absolute atomic E-state index is 0.0843. The molecule has 3 aliphatic rings. The number of carbonyl (C=O) groups excluding carboxylic acids is 2. The van der Waals surface area contributed by atoms with Crippen molar-refractivity contribution >= 4 is 17.9 Å². The number of aliphatic hydroxyl groups is 2. The zero-order chi connectivity index (χ0) is 26.6. The van der Waals surface area contributed by atoms with Gasteiger partial charge < -0.3 is 39.5 Å². The summed E-state index contributed by atoms with van der Waals surface area (Å²) in [4.78, 5) is 37.4. The number of carbonyl (C=O) groups is 3. The first kappa shape index (κ1) is 25.9. The van der Waals surface area contributed by atoms with Crippen molar-refractivity contribution in [2.45, 2.75) is 75.4 Å². The molecule has 0 aromatic heterocycles. The third kappa shape index (κ3) is 3.82. The number of phenolic OH excluding ortho intramolecular Hbond substituents is 1. The summed E-state index contributed by atoms with van der Waals surface area (Å²) < 4.78 is 16.6. The van der Waals surface area contributed by atoms with Gasteiger partial charge in [-0.1, -0.05) is 13.0 Å². The highest BCUT2D eigenvalue weighted by Crippen LogP contribution is 2.62. The van der Waals surface area contributed by atoms with Crippen LogP contribution in [-0.4, -0.2) is 86.8 Å². The van der Waals surface area contributed by atoms with E-state index in [9.17, 15) is 29.7 Å². The van der Waals surface area contributed by atoms with Crippen molar-refractivity contribution in [1.29, 1.82) is 0 Å². The van der Waals surface area contributed by atoms with Crippen LogP contribution in [0.4, 0.5) is 0 Å². The number of nitrogens with zero attached hydrogens (tertiary/aromatic N) is 1. The Balaban J connectivity index is 1.62. The molecule has 1 heterocycles. The molecule has 6 atom stereocenters. The number of rotatable bonds is 8. The molecule has 11 nitrogen and oxygen atoms in total. The number of hydrogen-bond acceptors (Lipinski definition) is 10. The van der Waals surface area contributed by atoms with Gasteiger partial charge in [-0.25, -0.2) is 9.59 Å². The Kier molecular flexibility index (Phi) is 6.52. The smallest absolute Gasteiger partial charge is 0.352 e. The first-order chi connectivity index (χ1) is 16.8. The number of benzene rings is 1. The van der Waals surface area contributed by atoms with Crippen LogP contribution < -0.4 is 4.74 Å². The van der Waals surface area contributed by atoms with Crippen molar-refractivity contribution < 1.29 is 49.0 Å². The minimum atomic E-state index is -1.95. The number of hydrogen-bond donors (Lipinski definition) is 4. The summed E-state index contributed by atoms with van der Waals surface area (Å²) in [6.07, 6.45) is -2.83. The van der Waals surface area contributed by atoms with Gasteiger partial charge >= 0.3 is 17.9 Å². The average molecular weight is 506 g/mol. The number of phenols is 1. The fourth-order valence-corrected chi connectivity index (χ4v) is 5.63. The highest BCUT2D eigenvalue weighted by atomic mass is 16.6. The number of aromatic hydroxyl groups is 1. The van der Waals surface area contributed by atoms with Crippen LogP contribution in [0.1, 0.15) is 44.7 Å². The summed E-state index contributed by atoms with van der Waals surface area (Å²) >= 11 is 0. The molecule has 36 heavy (non-hydrogen) atoms. The van der Waals surface area contributed by atoms with Crippen LogP contribution in [0.2, 0.25) is 0 Å². The lowest BCUT2D eigenvalue weighted by molar-refractivity contribution is -0.170. The number of aliphatic carboxylic acids is 1. The molecule has 0 saturated heterocycles. The van der Waals surface area contributed by atoms with Gasteiger partial charge in [-0.15, -0.1) is 0 Å². The van der Waals surface area contributed by atoms with E-state index in [1.807, 2.05) is 27.0 Å². The van der Waals surface area contributed by atoms with Crippen molar-refractivity contribution in [3.8, 4) is 11.5 Å². The van der Waals surface area contributed by atoms with Crippen LogP contribution >= 0.6 is 0 Å². The van der Waals surface area contributed by atoms with Gasteiger partial charge in [0.2, 0.25) is 0 Å². The van der Waals surface area contributed by atoms with Gasteiger partial charge in [0.05, 0.1) is 17.4 Å². The Labute approximate surface area is 207 Å². The number of aliphatic hydroxyl groups excluding tert-OH is 1. The monoisotopic (exact) mass is 505 g/mol. The average Bonchev–Trinajstić information content (AvgIpc) is 3.15. The first-order valence-electron chi connectivity index (χ1n) is 11.8. The van der Waals surface area contributed by atoms with E-state index < -0.39 is 53.7 Å². The Morgan fingerprint density at radius 1 is 1.31 bits per heavy atom. The second-order valence-electron chi connectivity index (χ2n) is 9.79. The normalized spacial score (nSPS) is 29.5. The van der Waals surface area contributed by atoms with Crippen LogP contribution in [0, 0.1) is 0 Å². The predicted molar refractivity (Wildman–Crippen MR) is 123 cm³/mol. The van der Waals surface area contributed by atoms with Gasteiger partial charge in [0, 0.05) is 18.0 Å². The molecule has 1 aromatic rings. The van der Waals surface area contributed by atoms with E-state index in [-0.39, 0.29) is 29.7 Å². The van der Waals surface area contributed by atoms with Crippen molar-refractivity contribution in [3.05, 3.63) is 35.1 Å². The lowest BCUT2D eigenvalue weighted by atomic mass is 9.54. The Hall–Kier alpha value is -3.15. The fraction of sp³-hybridized carbons (Fsp3) is 0.560. The highest BCUT2D eigenvalue weighted by molar-refractivity contribution is 5.83. The van der Waals surface area contributed by atoms with Crippen molar-refractivity contribution in [1.82, 2.24) is 4.90 Å². The summed E-state index contributed by atoms with van der Waals surface area (Å²) in [6, 6.07) is 3.10. The molecule has 11 heteroatoms. The molecule has 196 valence electrons. The van der Waals surface area contributed by atoms with Crippen molar-refractivity contribution in [3.63, 3.8) is 0 Å². The summed E-state index contributed by atoms with van der Waals surface area (Å²) in [5.74, 6) is -3.33. The molecule has 0 bridgehead atoms. The van der Waals surface area contributed by atoms with Gasteiger partial charge in [0.25, 0.3) is 0 Å². The quantitative estimate of drug-likeness (QED) is 0.366. The van der Waals surface area contributed by atoms with E-state index in [1.165, 1.54) is 6.92 Å². The summed E-state index contributed by atoms with van der Waals surface area (Å²) in [5.41, 5.74) is -0.747. The largest absolute Gasteiger partial charge is 0.504 e. The lowest BCUT2D eigenvalue weighted by Crippen LogP contribution is -2.69. The van der Waals surface area contributed by atoms with Gasteiger partial charge in [-0.2, -0.15) is 0 Å². The third-order valence-corrected chi connectivity index (χ3v) is 7.77. The summed E-state index contributed by atoms with van der Waals surface area (Å²) in [7, 11) is 1.93. The molecule has 0 radical (unpaired) electrons. The van der Waals surface area contributed by atoms with Gasteiger partial charge in [0.1, 0.15) is 5.76 Å². The maximum Gasteiger partial charge on any atom is 0.352 e. The molecule has 0 spiro atoms. The number of ether oxygens (including phenoxy) is 3. The molecule has 1 aliphatic heterocycles. The van der Waals surface area contributed by atoms with Crippen LogP contribution in [0.15, 0.2) is 24.0 Å². The van der Waals surface area contributed by atoms with Crippen LogP contribution in [0.3, 0.4) is 0 Å². The highest BCUT2D eigenvalue weighted by Gasteiger charge is 2.68. The molecule has 1 aromatic carbocycles. The van der Waals surface area contributed by atoms with E-state index in [0.29, 0.717) is 18.5 Å². The molecule has 0 unspecified atom stereocenters. The Bertz CT molecular complexity index is 1130. The SMILES string of the molecule is CCN(C)[C@@H]1Cc2ccc(O)c3c2[C@@]2(C)[C@@H](O3)C(OC(=O)[C@H](C)OC(=O)C[C@H](O)C(=O)O)=CC[C@@]12O. The van der Waals surface area contributed by atoms with E-state index in [2.05, 4.69) is 4.90 Å². The maximum atomic E-state index is 12.8. The second kappa shape index (κ2) is 9.06. The van der Waals surface area contributed by atoms with E-state index >= 15 is 0 Å². The Morgan fingerprint density at radius 2 is 2.00 bits per heavy atom.